The first-order chi connectivity index (χ1) is 11.2. The SMILES string of the molecule is CC(CCOc1ccccc1)C(=O)NC1C2CCC(C2)C1CO. The predicted molar refractivity (Wildman–Crippen MR) is 89.1 cm³/mol. The highest BCUT2D eigenvalue weighted by atomic mass is 16.5. The average molecular weight is 317 g/mol. The van der Waals surface area contributed by atoms with Gasteiger partial charge in [0.15, 0.2) is 0 Å². The second-order valence-corrected chi connectivity index (χ2v) is 7.07. The molecule has 2 saturated carbocycles. The number of carbonyl (C=O) groups excluding carboxylic acids is 1. The minimum Gasteiger partial charge on any atom is -0.494 e. The Morgan fingerprint density at radius 1 is 1.30 bits per heavy atom. The molecule has 23 heavy (non-hydrogen) atoms. The number of para-hydroxylation sites is 1. The van der Waals surface area contributed by atoms with Crippen molar-refractivity contribution in [2.24, 2.45) is 23.7 Å². The van der Waals surface area contributed by atoms with Crippen LogP contribution in [0.25, 0.3) is 0 Å². The van der Waals surface area contributed by atoms with Gasteiger partial charge in [-0.05, 0) is 49.7 Å². The number of hydrogen-bond acceptors (Lipinski definition) is 3. The van der Waals surface area contributed by atoms with Crippen LogP contribution in [0.2, 0.25) is 0 Å². The fourth-order valence-electron chi connectivity index (χ4n) is 4.21. The highest BCUT2D eigenvalue weighted by molar-refractivity contribution is 5.78. The minimum absolute atomic E-state index is 0.0721. The van der Waals surface area contributed by atoms with Gasteiger partial charge in [0.2, 0.25) is 5.91 Å². The van der Waals surface area contributed by atoms with Gasteiger partial charge in [-0.3, -0.25) is 4.79 Å². The normalized spacial score (nSPS) is 30.2. The number of benzene rings is 1. The van der Waals surface area contributed by atoms with Gasteiger partial charge in [-0.25, -0.2) is 0 Å². The summed E-state index contributed by atoms with van der Waals surface area (Å²) in [5.41, 5.74) is 0. The number of nitrogens with one attached hydrogen (secondary N) is 1. The Morgan fingerprint density at radius 2 is 2.04 bits per heavy atom. The van der Waals surface area contributed by atoms with E-state index in [1.165, 1.54) is 19.3 Å². The number of aliphatic hydroxyl groups is 1. The Balaban J connectivity index is 1.44. The zero-order valence-corrected chi connectivity index (χ0v) is 13.8. The summed E-state index contributed by atoms with van der Waals surface area (Å²) >= 11 is 0. The van der Waals surface area contributed by atoms with Crippen molar-refractivity contribution < 1.29 is 14.6 Å². The molecule has 0 aromatic heterocycles. The van der Waals surface area contributed by atoms with Crippen LogP contribution >= 0.6 is 0 Å². The molecule has 5 atom stereocenters. The second-order valence-electron chi connectivity index (χ2n) is 7.07. The van der Waals surface area contributed by atoms with Crippen molar-refractivity contribution >= 4 is 5.91 Å². The fraction of sp³-hybridized carbons (Fsp3) is 0.632. The van der Waals surface area contributed by atoms with Crippen molar-refractivity contribution in [1.82, 2.24) is 5.32 Å². The van der Waals surface area contributed by atoms with Crippen LogP contribution in [0.5, 0.6) is 5.75 Å². The minimum atomic E-state index is -0.0721. The van der Waals surface area contributed by atoms with Gasteiger partial charge in [0, 0.05) is 24.5 Å². The molecule has 2 aliphatic rings. The summed E-state index contributed by atoms with van der Waals surface area (Å²) in [6, 6.07) is 9.85. The van der Waals surface area contributed by atoms with E-state index in [4.69, 9.17) is 4.74 Å². The van der Waals surface area contributed by atoms with Crippen LogP contribution in [0, 0.1) is 23.7 Å². The number of aliphatic hydroxyl groups excluding tert-OH is 1. The van der Waals surface area contributed by atoms with Crippen LogP contribution in [0.4, 0.5) is 0 Å². The van der Waals surface area contributed by atoms with E-state index in [2.05, 4.69) is 5.32 Å². The summed E-state index contributed by atoms with van der Waals surface area (Å²) in [7, 11) is 0. The molecule has 0 radical (unpaired) electrons. The van der Waals surface area contributed by atoms with Crippen molar-refractivity contribution in [3.05, 3.63) is 30.3 Å². The lowest BCUT2D eigenvalue weighted by Gasteiger charge is -2.31. The number of ether oxygens (including phenoxy) is 1. The Morgan fingerprint density at radius 3 is 2.78 bits per heavy atom. The number of rotatable bonds is 7. The van der Waals surface area contributed by atoms with Crippen molar-refractivity contribution in [3.8, 4) is 5.75 Å². The maximum absolute atomic E-state index is 12.4. The van der Waals surface area contributed by atoms with Crippen LogP contribution in [0.15, 0.2) is 30.3 Å². The molecule has 0 spiro atoms. The number of fused-ring (bicyclic) bond motifs is 2. The molecule has 126 valence electrons. The van der Waals surface area contributed by atoms with E-state index in [0.29, 0.717) is 24.9 Å². The smallest absolute Gasteiger partial charge is 0.223 e. The van der Waals surface area contributed by atoms with Gasteiger partial charge in [0.25, 0.3) is 0 Å². The molecule has 4 nitrogen and oxygen atoms in total. The standard InChI is InChI=1S/C19H27NO3/c1-13(9-10-23-16-5-3-2-4-6-16)19(22)20-18-15-8-7-14(11-15)17(18)12-21/h2-6,13-15,17-18,21H,7-12H2,1H3,(H,20,22). The van der Waals surface area contributed by atoms with Crippen molar-refractivity contribution in [3.63, 3.8) is 0 Å². The number of amides is 1. The fourth-order valence-corrected chi connectivity index (χ4v) is 4.21. The largest absolute Gasteiger partial charge is 0.494 e. The molecule has 0 aliphatic heterocycles. The molecule has 2 bridgehead atoms. The maximum Gasteiger partial charge on any atom is 0.223 e. The Labute approximate surface area is 138 Å². The molecule has 4 heteroatoms. The average Bonchev–Trinajstić information content (AvgIpc) is 3.17. The number of carbonyl (C=O) groups is 1. The molecule has 2 aliphatic carbocycles. The molecule has 0 saturated heterocycles. The van der Waals surface area contributed by atoms with Crippen LogP contribution in [-0.2, 0) is 4.79 Å². The lowest BCUT2D eigenvalue weighted by molar-refractivity contribution is -0.126. The van der Waals surface area contributed by atoms with E-state index in [1.807, 2.05) is 37.3 Å². The van der Waals surface area contributed by atoms with Gasteiger partial charge in [-0.2, -0.15) is 0 Å². The number of hydrogen-bond donors (Lipinski definition) is 2. The first kappa shape index (κ1) is 16.3. The first-order valence-corrected chi connectivity index (χ1v) is 8.78. The van der Waals surface area contributed by atoms with E-state index in [0.717, 1.165) is 5.75 Å². The molecule has 1 aromatic rings. The van der Waals surface area contributed by atoms with Crippen LogP contribution < -0.4 is 10.1 Å². The third kappa shape index (κ3) is 3.69. The van der Waals surface area contributed by atoms with Crippen molar-refractivity contribution in [2.75, 3.05) is 13.2 Å². The van der Waals surface area contributed by atoms with Gasteiger partial charge in [0.05, 0.1) is 6.61 Å². The lowest BCUT2D eigenvalue weighted by Crippen LogP contribution is -2.47. The van der Waals surface area contributed by atoms with Gasteiger partial charge in [-0.15, -0.1) is 0 Å². The monoisotopic (exact) mass is 317 g/mol. The highest BCUT2D eigenvalue weighted by Gasteiger charge is 2.47. The predicted octanol–water partition coefficient (Wildman–Crippen LogP) is 2.61. The maximum atomic E-state index is 12.4. The third-order valence-corrected chi connectivity index (χ3v) is 5.62. The zero-order valence-electron chi connectivity index (χ0n) is 13.8. The first-order valence-electron chi connectivity index (χ1n) is 8.78. The van der Waals surface area contributed by atoms with Gasteiger partial charge in [-0.1, -0.05) is 25.1 Å². The van der Waals surface area contributed by atoms with E-state index >= 15 is 0 Å². The van der Waals surface area contributed by atoms with Gasteiger partial charge < -0.3 is 15.2 Å². The van der Waals surface area contributed by atoms with Crippen molar-refractivity contribution in [1.29, 1.82) is 0 Å². The molecule has 2 N–H and O–H groups in total. The summed E-state index contributed by atoms with van der Waals surface area (Å²) in [5, 5.41) is 12.8. The Hall–Kier alpha value is -1.55. The highest BCUT2D eigenvalue weighted by Crippen LogP contribution is 2.48. The van der Waals surface area contributed by atoms with Crippen LogP contribution in [-0.4, -0.2) is 30.3 Å². The third-order valence-electron chi connectivity index (χ3n) is 5.62. The molecule has 5 unspecified atom stereocenters. The van der Waals surface area contributed by atoms with E-state index < -0.39 is 0 Å². The molecule has 0 heterocycles. The van der Waals surface area contributed by atoms with Crippen LogP contribution in [0.3, 0.4) is 0 Å². The molecule has 1 aromatic carbocycles. The molecule has 3 rings (SSSR count). The summed E-state index contributed by atoms with van der Waals surface area (Å²) in [6.45, 7) is 2.68. The van der Waals surface area contributed by atoms with Gasteiger partial charge in [0.1, 0.15) is 5.75 Å². The molecule has 2 fully saturated rings. The van der Waals surface area contributed by atoms with Gasteiger partial charge >= 0.3 is 0 Å². The Bertz CT molecular complexity index is 519. The zero-order chi connectivity index (χ0) is 16.2. The molecular formula is C19H27NO3. The van der Waals surface area contributed by atoms with E-state index in [9.17, 15) is 9.90 Å². The Kier molecular flexibility index (Phi) is 5.21. The quantitative estimate of drug-likeness (QED) is 0.813. The topological polar surface area (TPSA) is 58.6 Å². The molecular weight excluding hydrogens is 290 g/mol. The van der Waals surface area contributed by atoms with E-state index in [-0.39, 0.29) is 30.4 Å². The summed E-state index contributed by atoms with van der Waals surface area (Å²) < 4.78 is 5.67. The van der Waals surface area contributed by atoms with Crippen LogP contribution in [0.1, 0.15) is 32.6 Å². The second kappa shape index (κ2) is 7.35. The summed E-state index contributed by atoms with van der Waals surface area (Å²) in [6.07, 6.45) is 4.27. The lowest BCUT2D eigenvalue weighted by atomic mass is 9.84. The van der Waals surface area contributed by atoms with Crippen molar-refractivity contribution in [2.45, 2.75) is 38.6 Å². The summed E-state index contributed by atoms with van der Waals surface area (Å²) in [5.74, 6) is 2.29. The van der Waals surface area contributed by atoms with E-state index in [1.54, 1.807) is 0 Å². The molecule has 1 amide bonds. The summed E-state index contributed by atoms with van der Waals surface area (Å²) in [4.78, 5) is 12.4.